The average molecular weight is 260 g/mol. The molecule has 0 unspecified atom stereocenters. The molecule has 0 amide bonds. The third-order valence-corrected chi connectivity index (χ3v) is 3.75. The molecule has 0 bridgehead atoms. The summed E-state index contributed by atoms with van der Waals surface area (Å²) in [7, 11) is 0. The van der Waals surface area contributed by atoms with Gasteiger partial charge in [0.25, 0.3) is 0 Å². The lowest BCUT2D eigenvalue weighted by Crippen LogP contribution is -2.30. The quantitative estimate of drug-likeness (QED) is 0.813. The van der Waals surface area contributed by atoms with E-state index in [-0.39, 0.29) is 5.41 Å². The maximum atomic E-state index is 3.53. The molecule has 1 aliphatic carbocycles. The van der Waals surface area contributed by atoms with Crippen molar-refractivity contribution in [1.82, 2.24) is 10.6 Å². The molecule has 106 valence electrons. The molecule has 0 aromatic heterocycles. The molecule has 2 aliphatic rings. The Kier molecular flexibility index (Phi) is 4.51. The van der Waals surface area contributed by atoms with Crippen LogP contribution < -0.4 is 10.6 Å². The van der Waals surface area contributed by atoms with Gasteiger partial charge in [-0.25, -0.2) is 0 Å². The summed E-state index contributed by atoms with van der Waals surface area (Å²) >= 11 is 0. The summed E-state index contributed by atoms with van der Waals surface area (Å²) in [5.41, 5.74) is 2.86. The number of hydrogen-bond acceptors (Lipinski definition) is 2. The smallest absolute Gasteiger partial charge is 0.0310 e. The van der Waals surface area contributed by atoms with Gasteiger partial charge < -0.3 is 10.6 Å². The van der Waals surface area contributed by atoms with Gasteiger partial charge in [-0.15, -0.1) is 0 Å². The summed E-state index contributed by atoms with van der Waals surface area (Å²) in [4.78, 5) is 0. The molecule has 1 saturated heterocycles. The number of hydrogen-bond donors (Lipinski definition) is 2. The van der Waals surface area contributed by atoms with Crippen LogP contribution in [0.5, 0.6) is 0 Å². The van der Waals surface area contributed by atoms with Gasteiger partial charge in [0.05, 0.1) is 0 Å². The highest BCUT2D eigenvalue weighted by molar-refractivity contribution is 5.37. The van der Waals surface area contributed by atoms with E-state index in [1.54, 1.807) is 0 Å². The maximum absolute atomic E-state index is 3.53. The molecule has 0 saturated carbocycles. The molecule has 1 aliphatic heterocycles. The van der Waals surface area contributed by atoms with Gasteiger partial charge >= 0.3 is 0 Å². The van der Waals surface area contributed by atoms with Crippen LogP contribution in [0.25, 0.3) is 0 Å². The Morgan fingerprint density at radius 1 is 1.26 bits per heavy atom. The topological polar surface area (TPSA) is 24.1 Å². The van der Waals surface area contributed by atoms with E-state index in [1.165, 1.54) is 30.7 Å². The van der Waals surface area contributed by atoms with Gasteiger partial charge in [-0.2, -0.15) is 0 Å². The normalized spacial score (nSPS) is 26.7. The van der Waals surface area contributed by atoms with Gasteiger partial charge in [-0.1, -0.05) is 32.1 Å². The molecule has 19 heavy (non-hydrogen) atoms. The lowest BCUT2D eigenvalue weighted by Gasteiger charge is -2.26. The van der Waals surface area contributed by atoms with Crippen LogP contribution in [0.4, 0.5) is 0 Å². The Morgan fingerprint density at radius 2 is 2.05 bits per heavy atom. The van der Waals surface area contributed by atoms with Crippen molar-refractivity contribution in [3.8, 4) is 0 Å². The van der Waals surface area contributed by atoms with Crippen LogP contribution in [-0.2, 0) is 0 Å². The third kappa shape index (κ3) is 4.24. The standard InChI is InChI=1S/C17H28N2/c1-13(2)19-16-8-7-14(10-17(3,4)11-16)15-6-5-9-18-12-15/h7-8,10-11,13,15,18-19H,5-6,9,12H2,1-4H3/t15-/m0/s1. The first-order valence-electron chi connectivity index (χ1n) is 7.57. The Bertz CT molecular complexity index is 393. The molecule has 1 fully saturated rings. The highest BCUT2D eigenvalue weighted by atomic mass is 14.9. The SMILES string of the molecule is CC(C)NC1=CC(C)(C)C=C([C@H]2CCCNC2)C=C1. The molecule has 0 aromatic carbocycles. The fourth-order valence-electron chi connectivity index (χ4n) is 2.97. The van der Waals surface area contributed by atoms with Crippen LogP contribution in [0.3, 0.4) is 0 Å². The minimum absolute atomic E-state index is 0.119. The summed E-state index contributed by atoms with van der Waals surface area (Å²) in [6.45, 7) is 11.3. The van der Waals surface area contributed by atoms with Crippen molar-refractivity contribution in [2.24, 2.45) is 11.3 Å². The second-order valence-corrected chi connectivity index (χ2v) is 6.74. The molecule has 2 N–H and O–H groups in total. The van der Waals surface area contributed by atoms with E-state index in [9.17, 15) is 0 Å². The second-order valence-electron chi connectivity index (χ2n) is 6.74. The van der Waals surface area contributed by atoms with Gasteiger partial charge in [0.1, 0.15) is 0 Å². The Labute approximate surface area is 118 Å². The zero-order valence-electron chi connectivity index (χ0n) is 12.8. The molecule has 0 radical (unpaired) electrons. The molecular weight excluding hydrogens is 232 g/mol. The van der Waals surface area contributed by atoms with E-state index in [2.05, 4.69) is 62.6 Å². The van der Waals surface area contributed by atoms with Crippen LogP contribution in [0.15, 0.2) is 35.6 Å². The second kappa shape index (κ2) is 5.96. The van der Waals surface area contributed by atoms with E-state index in [0.29, 0.717) is 12.0 Å². The lowest BCUT2D eigenvalue weighted by atomic mass is 9.84. The first kappa shape index (κ1) is 14.4. The summed E-state index contributed by atoms with van der Waals surface area (Å²) in [5, 5.41) is 7.04. The highest BCUT2D eigenvalue weighted by Crippen LogP contribution is 2.31. The van der Waals surface area contributed by atoms with Gasteiger partial charge in [-0.05, 0) is 50.8 Å². The van der Waals surface area contributed by atoms with E-state index >= 15 is 0 Å². The minimum Gasteiger partial charge on any atom is -0.383 e. The minimum atomic E-state index is 0.119. The van der Waals surface area contributed by atoms with Gasteiger partial charge in [-0.3, -0.25) is 0 Å². The van der Waals surface area contributed by atoms with Crippen LogP contribution in [0.2, 0.25) is 0 Å². The maximum Gasteiger partial charge on any atom is 0.0310 e. The number of allylic oxidation sites excluding steroid dienone is 4. The van der Waals surface area contributed by atoms with E-state index in [4.69, 9.17) is 0 Å². The molecule has 1 atom stereocenters. The Morgan fingerprint density at radius 3 is 2.68 bits per heavy atom. The largest absolute Gasteiger partial charge is 0.383 e. The molecule has 2 heteroatoms. The molecule has 2 rings (SSSR count). The third-order valence-electron chi connectivity index (χ3n) is 3.75. The Balaban J connectivity index is 2.17. The number of nitrogens with one attached hydrogen (secondary N) is 2. The fourth-order valence-corrected chi connectivity index (χ4v) is 2.97. The lowest BCUT2D eigenvalue weighted by molar-refractivity contribution is 0.423. The van der Waals surface area contributed by atoms with Crippen LogP contribution in [-0.4, -0.2) is 19.1 Å². The van der Waals surface area contributed by atoms with Crippen molar-refractivity contribution in [3.63, 3.8) is 0 Å². The number of rotatable bonds is 3. The first-order chi connectivity index (χ1) is 8.96. The fraction of sp³-hybridized carbons (Fsp3) is 0.647. The van der Waals surface area contributed by atoms with E-state index in [0.717, 1.165) is 6.54 Å². The number of piperidine rings is 1. The van der Waals surface area contributed by atoms with Crippen molar-refractivity contribution >= 4 is 0 Å². The van der Waals surface area contributed by atoms with Crippen molar-refractivity contribution in [1.29, 1.82) is 0 Å². The van der Waals surface area contributed by atoms with Crippen molar-refractivity contribution in [2.75, 3.05) is 13.1 Å². The summed E-state index contributed by atoms with van der Waals surface area (Å²) < 4.78 is 0. The first-order valence-corrected chi connectivity index (χ1v) is 7.57. The molecule has 0 spiro atoms. The van der Waals surface area contributed by atoms with Crippen molar-refractivity contribution in [3.05, 3.63) is 35.6 Å². The Hall–Kier alpha value is -1.02. The molecule has 0 aromatic rings. The van der Waals surface area contributed by atoms with Crippen molar-refractivity contribution in [2.45, 2.75) is 46.6 Å². The van der Waals surface area contributed by atoms with Gasteiger partial charge in [0.15, 0.2) is 0 Å². The monoisotopic (exact) mass is 260 g/mol. The molecular formula is C17H28N2. The molecule has 2 nitrogen and oxygen atoms in total. The van der Waals surface area contributed by atoms with Crippen molar-refractivity contribution < 1.29 is 0 Å². The molecule has 1 heterocycles. The highest BCUT2D eigenvalue weighted by Gasteiger charge is 2.22. The summed E-state index contributed by atoms with van der Waals surface area (Å²) in [6.07, 6.45) is 11.9. The average Bonchev–Trinajstić information content (AvgIpc) is 2.48. The summed E-state index contributed by atoms with van der Waals surface area (Å²) in [6, 6.07) is 0.476. The zero-order chi connectivity index (χ0) is 13.9. The van der Waals surface area contributed by atoms with E-state index < -0.39 is 0 Å². The van der Waals surface area contributed by atoms with Gasteiger partial charge in [0.2, 0.25) is 0 Å². The predicted octanol–water partition coefficient (Wildman–Crippen LogP) is 3.39. The van der Waals surface area contributed by atoms with Crippen LogP contribution in [0.1, 0.15) is 40.5 Å². The predicted molar refractivity (Wildman–Crippen MR) is 83.0 cm³/mol. The zero-order valence-corrected chi connectivity index (χ0v) is 12.8. The van der Waals surface area contributed by atoms with Crippen LogP contribution in [0, 0.1) is 11.3 Å². The summed E-state index contributed by atoms with van der Waals surface area (Å²) in [5.74, 6) is 0.677. The van der Waals surface area contributed by atoms with Crippen LogP contribution >= 0.6 is 0 Å². The van der Waals surface area contributed by atoms with Gasteiger partial charge in [0, 0.05) is 23.7 Å². The van der Waals surface area contributed by atoms with E-state index in [1.807, 2.05) is 0 Å².